The lowest BCUT2D eigenvalue weighted by Crippen LogP contribution is -2.50. The summed E-state index contributed by atoms with van der Waals surface area (Å²) < 4.78 is 5.50. The molecule has 8 heteroatoms. The van der Waals surface area contributed by atoms with Crippen LogP contribution in [0, 0.1) is 0 Å². The number of piperazine rings is 1. The fourth-order valence-electron chi connectivity index (χ4n) is 3.70. The number of rotatable bonds is 6. The number of aliphatic hydroxyl groups excluding tert-OH is 1. The minimum absolute atomic E-state index is 0.0343. The van der Waals surface area contributed by atoms with Gasteiger partial charge < -0.3 is 14.7 Å². The van der Waals surface area contributed by atoms with Crippen molar-refractivity contribution in [3.05, 3.63) is 33.8 Å². The molecule has 0 spiro atoms. The summed E-state index contributed by atoms with van der Waals surface area (Å²) in [4.78, 5) is 19.3. The molecule has 2 fully saturated rings. The van der Waals surface area contributed by atoms with E-state index in [1.807, 2.05) is 4.90 Å². The molecule has 0 aliphatic carbocycles. The van der Waals surface area contributed by atoms with Crippen LogP contribution in [0.25, 0.3) is 0 Å². The smallest absolute Gasteiger partial charge is 0.225 e. The molecule has 1 aromatic rings. The van der Waals surface area contributed by atoms with Gasteiger partial charge in [0.05, 0.1) is 19.1 Å². The lowest BCUT2D eigenvalue weighted by atomic mass is 10.1. The van der Waals surface area contributed by atoms with Crippen molar-refractivity contribution in [2.24, 2.45) is 0 Å². The monoisotopic (exact) mass is 429 g/mol. The Morgan fingerprint density at radius 2 is 1.61 bits per heavy atom. The first kappa shape index (κ1) is 21.8. The van der Waals surface area contributed by atoms with Crippen LogP contribution in [0.3, 0.4) is 0 Å². The highest BCUT2D eigenvalue weighted by Gasteiger charge is 2.24. The average Bonchev–Trinajstić information content (AvgIpc) is 2.95. The van der Waals surface area contributed by atoms with Crippen molar-refractivity contribution in [1.82, 2.24) is 14.7 Å². The lowest BCUT2D eigenvalue weighted by molar-refractivity contribution is -0.135. The molecule has 28 heavy (non-hydrogen) atoms. The molecule has 3 rings (SSSR count). The molecule has 0 aromatic heterocycles. The maximum absolute atomic E-state index is 12.6. The van der Waals surface area contributed by atoms with Gasteiger partial charge in [0.2, 0.25) is 5.91 Å². The Morgan fingerprint density at radius 1 is 0.964 bits per heavy atom. The summed E-state index contributed by atoms with van der Waals surface area (Å²) in [6.45, 7) is 9.00. The minimum Gasteiger partial charge on any atom is -0.388 e. The number of carbonyl (C=O) groups excluding carboxylic acids is 1. The highest BCUT2D eigenvalue weighted by molar-refractivity contribution is 6.34. The Bertz CT molecular complexity index is 625. The second-order valence-electron chi connectivity index (χ2n) is 7.45. The summed E-state index contributed by atoms with van der Waals surface area (Å²) in [5.41, 5.74) is 0.575. The van der Waals surface area contributed by atoms with E-state index in [4.69, 9.17) is 27.9 Å². The summed E-state index contributed by atoms with van der Waals surface area (Å²) in [6.07, 6.45) is 0.249. The van der Waals surface area contributed by atoms with Crippen LogP contribution in [-0.2, 0) is 9.53 Å². The van der Waals surface area contributed by atoms with Gasteiger partial charge in [-0.25, -0.2) is 0 Å². The van der Waals surface area contributed by atoms with E-state index in [0.29, 0.717) is 28.7 Å². The van der Waals surface area contributed by atoms with Crippen molar-refractivity contribution in [2.45, 2.75) is 18.9 Å². The van der Waals surface area contributed by atoms with Gasteiger partial charge in [-0.3, -0.25) is 14.6 Å². The molecular weight excluding hydrogens is 401 g/mol. The molecule has 1 aromatic carbocycles. The molecule has 0 unspecified atom stereocenters. The summed E-state index contributed by atoms with van der Waals surface area (Å²) in [6, 6.07) is 4.91. The summed E-state index contributed by atoms with van der Waals surface area (Å²) >= 11 is 12.0. The molecule has 1 atom stereocenters. The van der Waals surface area contributed by atoms with Gasteiger partial charge in [-0.05, 0) is 30.2 Å². The summed E-state index contributed by atoms with van der Waals surface area (Å²) in [5.74, 6) is -0.0343. The van der Waals surface area contributed by atoms with E-state index in [2.05, 4.69) is 9.80 Å². The molecule has 1 N–H and O–H groups in total. The number of benzene rings is 1. The van der Waals surface area contributed by atoms with Gasteiger partial charge in [0.1, 0.15) is 0 Å². The van der Waals surface area contributed by atoms with Crippen LogP contribution in [0.15, 0.2) is 18.2 Å². The van der Waals surface area contributed by atoms with Crippen molar-refractivity contribution in [3.8, 4) is 0 Å². The van der Waals surface area contributed by atoms with Gasteiger partial charge in [-0.2, -0.15) is 0 Å². The number of hydrogen-bond donors (Lipinski definition) is 1. The van der Waals surface area contributed by atoms with Gasteiger partial charge >= 0.3 is 0 Å². The van der Waals surface area contributed by atoms with Crippen molar-refractivity contribution in [3.63, 3.8) is 0 Å². The predicted molar refractivity (Wildman–Crippen MR) is 111 cm³/mol. The third-order valence-corrected chi connectivity index (χ3v) is 5.85. The zero-order chi connectivity index (χ0) is 19.9. The van der Waals surface area contributed by atoms with Crippen LogP contribution in [0.1, 0.15) is 24.5 Å². The lowest BCUT2D eigenvalue weighted by Gasteiger charge is -2.36. The number of carbonyl (C=O) groups is 1. The highest BCUT2D eigenvalue weighted by Crippen LogP contribution is 2.25. The maximum atomic E-state index is 12.6. The van der Waals surface area contributed by atoms with Gasteiger partial charge in [0.25, 0.3) is 0 Å². The second kappa shape index (κ2) is 10.8. The predicted octanol–water partition coefficient (Wildman–Crippen LogP) is 2.28. The Hall–Kier alpha value is -0.890. The standard InChI is InChI=1S/C20H29Cl2N3O3/c21-17-12-16(13-18(22)14-17)19(26)15-20(27)25-7-5-24(6-8-25)4-3-23-2-1-10-28-11-9-23/h12-14,19,26H,1-11,15H2/t19-/m0/s1. The van der Waals surface area contributed by atoms with Crippen molar-refractivity contribution in [1.29, 1.82) is 0 Å². The highest BCUT2D eigenvalue weighted by atomic mass is 35.5. The third kappa shape index (κ3) is 6.58. The molecule has 2 saturated heterocycles. The van der Waals surface area contributed by atoms with E-state index in [0.717, 1.165) is 58.9 Å². The molecule has 0 bridgehead atoms. The summed E-state index contributed by atoms with van der Waals surface area (Å²) in [5, 5.41) is 11.3. The van der Waals surface area contributed by atoms with Crippen molar-refractivity contribution < 1.29 is 14.6 Å². The van der Waals surface area contributed by atoms with Crippen LogP contribution in [0.5, 0.6) is 0 Å². The van der Waals surface area contributed by atoms with Crippen LogP contribution in [0.2, 0.25) is 10.0 Å². The molecule has 2 aliphatic heterocycles. The quantitative estimate of drug-likeness (QED) is 0.751. The Kier molecular flexibility index (Phi) is 8.38. The van der Waals surface area contributed by atoms with E-state index in [1.54, 1.807) is 18.2 Å². The number of amides is 1. The van der Waals surface area contributed by atoms with E-state index < -0.39 is 6.10 Å². The van der Waals surface area contributed by atoms with Crippen LogP contribution < -0.4 is 0 Å². The molecule has 156 valence electrons. The molecule has 2 heterocycles. The Balaban J connectivity index is 1.40. The third-order valence-electron chi connectivity index (χ3n) is 5.41. The number of nitrogens with zero attached hydrogens (tertiary/aromatic N) is 3. The number of hydrogen-bond acceptors (Lipinski definition) is 5. The minimum atomic E-state index is -0.896. The number of aliphatic hydroxyl groups is 1. The molecule has 6 nitrogen and oxygen atoms in total. The van der Waals surface area contributed by atoms with E-state index in [-0.39, 0.29) is 12.3 Å². The van der Waals surface area contributed by atoms with Gasteiger partial charge in [0, 0.05) is 69.0 Å². The van der Waals surface area contributed by atoms with E-state index in [9.17, 15) is 9.90 Å². The normalized spacial score (nSPS) is 20.8. The second-order valence-corrected chi connectivity index (χ2v) is 8.33. The zero-order valence-electron chi connectivity index (χ0n) is 16.2. The molecule has 1 amide bonds. The number of ether oxygens (including phenoxy) is 1. The topological polar surface area (TPSA) is 56.2 Å². The first-order valence-electron chi connectivity index (χ1n) is 9.95. The van der Waals surface area contributed by atoms with E-state index in [1.165, 1.54) is 0 Å². The van der Waals surface area contributed by atoms with Crippen molar-refractivity contribution in [2.75, 3.05) is 65.6 Å². The van der Waals surface area contributed by atoms with Gasteiger partial charge in [-0.1, -0.05) is 23.2 Å². The van der Waals surface area contributed by atoms with Gasteiger partial charge in [0.15, 0.2) is 0 Å². The first-order chi connectivity index (χ1) is 13.5. The Morgan fingerprint density at radius 3 is 2.29 bits per heavy atom. The van der Waals surface area contributed by atoms with Gasteiger partial charge in [-0.15, -0.1) is 0 Å². The number of halogens is 2. The molecule has 0 radical (unpaired) electrons. The van der Waals surface area contributed by atoms with E-state index >= 15 is 0 Å². The van der Waals surface area contributed by atoms with Crippen molar-refractivity contribution >= 4 is 29.1 Å². The first-order valence-corrected chi connectivity index (χ1v) is 10.7. The van der Waals surface area contributed by atoms with Crippen LogP contribution in [-0.4, -0.2) is 91.3 Å². The van der Waals surface area contributed by atoms with Crippen LogP contribution in [0.4, 0.5) is 0 Å². The fourth-order valence-corrected chi connectivity index (χ4v) is 4.25. The molecule has 2 aliphatic rings. The maximum Gasteiger partial charge on any atom is 0.225 e. The average molecular weight is 430 g/mol. The molecular formula is C20H29Cl2N3O3. The van der Waals surface area contributed by atoms with Crippen LogP contribution >= 0.6 is 23.2 Å². The largest absolute Gasteiger partial charge is 0.388 e. The Labute approximate surface area is 176 Å². The zero-order valence-corrected chi connectivity index (χ0v) is 17.7. The molecule has 0 saturated carbocycles. The SMILES string of the molecule is O=C(C[C@H](O)c1cc(Cl)cc(Cl)c1)N1CCN(CCN2CCCOCC2)CC1. The summed E-state index contributed by atoms with van der Waals surface area (Å²) in [7, 11) is 0. The fraction of sp³-hybridized carbons (Fsp3) is 0.650.